The van der Waals surface area contributed by atoms with Crippen LogP contribution in [-0.2, 0) is 6.42 Å². The number of rotatable bonds is 3. The lowest BCUT2D eigenvalue weighted by Gasteiger charge is -2.07. The summed E-state index contributed by atoms with van der Waals surface area (Å²) in [5, 5.41) is 0. The largest absolute Gasteiger partial charge is 0.465 e. The summed E-state index contributed by atoms with van der Waals surface area (Å²) < 4.78 is 31.2. The SMILES string of the molecule is Cc1ccc(C(Br)Cc2ccc(F)c(F)c2)o1. The van der Waals surface area contributed by atoms with Gasteiger partial charge in [-0.3, -0.25) is 0 Å². The third kappa shape index (κ3) is 2.94. The molecule has 0 fully saturated rings. The van der Waals surface area contributed by atoms with Crippen molar-refractivity contribution >= 4 is 15.9 Å². The number of furan rings is 1. The molecule has 1 nitrogen and oxygen atoms in total. The Bertz CT molecular complexity index is 522. The summed E-state index contributed by atoms with van der Waals surface area (Å²) in [7, 11) is 0. The highest BCUT2D eigenvalue weighted by molar-refractivity contribution is 9.09. The van der Waals surface area contributed by atoms with E-state index < -0.39 is 11.6 Å². The first-order valence-corrected chi connectivity index (χ1v) is 6.12. The first-order valence-electron chi connectivity index (χ1n) is 5.20. The summed E-state index contributed by atoms with van der Waals surface area (Å²) in [6.45, 7) is 1.86. The Labute approximate surface area is 107 Å². The molecule has 1 aromatic heterocycles. The minimum Gasteiger partial charge on any atom is -0.465 e. The zero-order valence-electron chi connectivity index (χ0n) is 9.21. The van der Waals surface area contributed by atoms with Gasteiger partial charge in [0.15, 0.2) is 11.6 Å². The average molecular weight is 301 g/mol. The Morgan fingerprint density at radius 2 is 1.94 bits per heavy atom. The minimum atomic E-state index is -0.825. The molecule has 0 saturated carbocycles. The van der Waals surface area contributed by atoms with Crippen molar-refractivity contribution in [2.24, 2.45) is 0 Å². The average Bonchev–Trinajstić information content (AvgIpc) is 2.70. The second-order valence-electron chi connectivity index (χ2n) is 3.87. The van der Waals surface area contributed by atoms with Crippen LogP contribution in [0.25, 0.3) is 0 Å². The second kappa shape index (κ2) is 5.00. The molecule has 0 N–H and O–H groups in total. The van der Waals surface area contributed by atoms with Gasteiger partial charge in [-0.2, -0.15) is 0 Å². The molecule has 1 aromatic carbocycles. The van der Waals surface area contributed by atoms with E-state index in [9.17, 15) is 8.78 Å². The molecule has 2 rings (SSSR count). The van der Waals surface area contributed by atoms with Crippen molar-refractivity contribution in [2.75, 3.05) is 0 Å². The van der Waals surface area contributed by atoms with Crippen LogP contribution in [0.3, 0.4) is 0 Å². The smallest absolute Gasteiger partial charge is 0.159 e. The molecule has 2 aromatic rings. The highest BCUT2D eigenvalue weighted by Crippen LogP contribution is 2.28. The summed E-state index contributed by atoms with van der Waals surface area (Å²) in [5.74, 6) is -0.0338. The van der Waals surface area contributed by atoms with Crippen molar-refractivity contribution in [3.8, 4) is 0 Å². The Morgan fingerprint density at radius 3 is 2.53 bits per heavy atom. The zero-order valence-corrected chi connectivity index (χ0v) is 10.8. The van der Waals surface area contributed by atoms with Gasteiger partial charge in [-0.25, -0.2) is 8.78 Å². The summed E-state index contributed by atoms with van der Waals surface area (Å²) in [6, 6.07) is 7.66. The molecule has 0 saturated heterocycles. The highest BCUT2D eigenvalue weighted by atomic mass is 79.9. The minimum absolute atomic E-state index is 0.0407. The van der Waals surface area contributed by atoms with E-state index >= 15 is 0 Å². The molecule has 4 heteroatoms. The van der Waals surface area contributed by atoms with Crippen molar-refractivity contribution < 1.29 is 13.2 Å². The molecule has 17 heavy (non-hydrogen) atoms. The van der Waals surface area contributed by atoms with E-state index in [1.165, 1.54) is 6.07 Å². The quantitative estimate of drug-likeness (QED) is 0.758. The Morgan fingerprint density at radius 1 is 1.18 bits per heavy atom. The maximum absolute atomic E-state index is 13.0. The Balaban J connectivity index is 2.12. The lowest BCUT2D eigenvalue weighted by molar-refractivity contribution is 0.480. The molecule has 90 valence electrons. The van der Waals surface area contributed by atoms with Crippen LogP contribution >= 0.6 is 15.9 Å². The summed E-state index contributed by atoms with van der Waals surface area (Å²) in [4.78, 5) is -0.0407. The van der Waals surface area contributed by atoms with Gasteiger partial charge in [0, 0.05) is 0 Å². The molecule has 0 radical (unpaired) electrons. The molecule has 0 bridgehead atoms. The Kier molecular flexibility index (Phi) is 3.62. The number of halogens is 3. The first-order chi connectivity index (χ1) is 8.06. The molecule has 1 heterocycles. The lowest BCUT2D eigenvalue weighted by Crippen LogP contribution is -1.95. The third-order valence-electron chi connectivity index (χ3n) is 2.47. The normalized spacial score (nSPS) is 12.7. The van der Waals surface area contributed by atoms with Crippen LogP contribution in [0.15, 0.2) is 34.7 Å². The van der Waals surface area contributed by atoms with Gasteiger partial charge in [0.25, 0.3) is 0 Å². The molecule has 0 amide bonds. The molecule has 0 aliphatic carbocycles. The van der Waals surface area contributed by atoms with Crippen LogP contribution in [0.5, 0.6) is 0 Å². The predicted molar refractivity (Wildman–Crippen MR) is 65.2 cm³/mol. The monoisotopic (exact) mass is 300 g/mol. The van der Waals surface area contributed by atoms with Crippen LogP contribution in [0.4, 0.5) is 8.78 Å². The second-order valence-corrected chi connectivity index (χ2v) is 4.97. The topological polar surface area (TPSA) is 13.1 Å². The summed E-state index contributed by atoms with van der Waals surface area (Å²) in [5.41, 5.74) is 0.722. The number of alkyl halides is 1. The van der Waals surface area contributed by atoms with Crippen LogP contribution in [0.1, 0.15) is 21.9 Å². The van der Waals surface area contributed by atoms with Crippen molar-refractivity contribution in [1.82, 2.24) is 0 Å². The lowest BCUT2D eigenvalue weighted by atomic mass is 10.1. The van der Waals surface area contributed by atoms with Crippen molar-refractivity contribution in [3.63, 3.8) is 0 Å². The fourth-order valence-corrected chi connectivity index (χ4v) is 2.22. The van der Waals surface area contributed by atoms with E-state index in [1.54, 1.807) is 6.07 Å². The van der Waals surface area contributed by atoms with Gasteiger partial charge in [0.1, 0.15) is 11.5 Å². The number of hydrogen-bond donors (Lipinski definition) is 0. The van der Waals surface area contributed by atoms with E-state index in [0.717, 1.165) is 23.2 Å². The molecular weight excluding hydrogens is 290 g/mol. The molecule has 0 spiro atoms. The van der Waals surface area contributed by atoms with E-state index in [0.29, 0.717) is 6.42 Å². The van der Waals surface area contributed by atoms with Crippen molar-refractivity contribution in [2.45, 2.75) is 18.2 Å². The predicted octanol–water partition coefficient (Wildman–Crippen LogP) is 4.54. The van der Waals surface area contributed by atoms with E-state index in [2.05, 4.69) is 15.9 Å². The number of benzene rings is 1. The van der Waals surface area contributed by atoms with Crippen molar-refractivity contribution in [1.29, 1.82) is 0 Å². The summed E-state index contributed by atoms with van der Waals surface area (Å²) in [6.07, 6.45) is 0.546. The van der Waals surface area contributed by atoms with Crippen LogP contribution in [0.2, 0.25) is 0 Å². The van der Waals surface area contributed by atoms with E-state index in [4.69, 9.17) is 4.42 Å². The van der Waals surface area contributed by atoms with E-state index in [1.807, 2.05) is 19.1 Å². The number of hydrogen-bond acceptors (Lipinski definition) is 1. The van der Waals surface area contributed by atoms with Crippen molar-refractivity contribution in [3.05, 3.63) is 59.1 Å². The van der Waals surface area contributed by atoms with Gasteiger partial charge in [-0.1, -0.05) is 22.0 Å². The third-order valence-corrected chi connectivity index (χ3v) is 3.24. The zero-order chi connectivity index (χ0) is 12.4. The maximum Gasteiger partial charge on any atom is 0.159 e. The summed E-state index contributed by atoms with van der Waals surface area (Å²) >= 11 is 3.47. The van der Waals surface area contributed by atoms with Gasteiger partial charge in [-0.15, -0.1) is 0 Å². The fraction of sp³-hybridized carbons (Fsp3) is 0.231. The maximum atomic E-state index is 13.0. The fourth-order valence-electron chi connectivity index (χ4n) is 1.60. The number of aryl methyl sites for hydroxylation is 1. The highest BCUT2D eigenvalue weighted by Gasteiger charge is 2.13. The van der Waals surface area contributed by atoms with Gasteiger partial charge < -0.3 is 4.42 Å². The molecular formula is C13H11BrF2O. The first kappa shape index (κ1) is 12.3. The molecule has 1 unspecified atom stereocenters. The molecule has 0 aliphatic heterocycles. The standard InChI is InChI=1S/C13H11BrF2O/c1-8-2-5-13(17-8)10(14)6-9-3-4-11(15)12(16)7-9/h2-5,7,10H,6H2,1H3. The van der Waals surface area contributed by atoms with Crippen LogP contribution < -0.4 is 0 Å². The van der Waals surface area contributed by atoms with Gasteiger partial charge in [0.05, 0.1) is 4.83 Å². The van der Waals surface area contributed by atoms with Gasteiger partial charge in [0.2, 0.25) is 0 Å². The van der Waals surface area contributed by atoms with Gasteiger partial charge in [-0.05, 0) is 43.2 Å². The van der Waals surface area contributed by atoms with E-state index in [-0.39, 0.29) is 4.83 Å². The molecule has 1 atom stereocenters. The van der Waals surface area contributed by atoms with Gasteiger partial charge >= 0.3 is 0 Å². The Hall–Kier alpha value is -1.16. The van der Waals surface area contributed by atoms with Crippen LogP contribution in [-0.4, -0.2) is 0 Å². The van der Waals surface area contributed by atoms with Crippen LogP contribution in [0, 0.1) is 18.6 Å². The molecule has 0 aliphatic rings.